The van der Waals surface area contributed by atoms with Crippen LogP contribution in [0.1, 0.15) is 0 Å². The van der Waals surface area contributed by atoms with Crippen molar-refractivity contribution in [2.24, 2.45) is 7.05 Å². The average molecular weight is 277 g/mol. The minimum atomic E-state index is 0.865. The zero-order valence-electron chi connectivity index (χ0n) is 8.61. The Bertz CT molecular complexity index is 653. The molecule has 0 spiro atoms. The lowest BCUT2D eigenvalue weighted by Crippen LogP contribution is -1.91. The molecule has 1 N–H and O–H groups in total. The van der Waals surface area contributed by atoms with Gasteiger partial charge in [-0.2, -0.15) is 5.10 Å². The maximum Gasteiger partial charge on any atom is 0.160 e. The molecular weight excluding hydrogens is 268 g/mol. The molecule has 0 aliphatic carbocycles. The van der Waals surface area contributed by atoms with Crippen LogP contribution in [0.15, 0.2) is 35.1 Å². The first-order valence-electron chi connectivity index (χ1n) is 4.87. The van der Waals surface area contributed by atoms with E-state index in [-0.39, 0.29) is 0 Å². The van der Waals surface area contributed by atoms with Crippen LogP contribution in [0.25, 0.3) is 22.4 Å². The van der Waals surface area contributed by atoms with Gasteiger partial charge in [0.25, 0.3) is 0 Å². The highest BCUT2D eigenvalue weighted by Crippen LogP contribution is 2.27. The molecule has 0 amide bonds. The van der Waals surface area contributed by atoms with E-state index in [1.165, 1.54) is 0 Å². The number of nitrogens with one attached hydrogen (secondary N) is 1. The molecule has 0 saturated heterocycles. The van der Waals surface area contributed by atoms with Crippen LogP contribution in [0.5, 0.6) is 0 Å². The van der Waals surface area contributed by atoms with Crippen molar-refractivity contribution in [3.8, 4) is 11.5 Å². The zero-order chi connectivity index (χ0) is 11.1. The number of hydrogen-bond acceptors (Lipinski definition) is 2. The Morgan fingerprint density at radius 1 is 1.38 bits per heavy atom. The number of H-pyrrole nitrogens is 1. The predicted octanol–water partition coefficient (Wildman–Crippen LogP) is 2.73. The maximum absolute atomic E-state index is 4.31. The number of aryl methyl sites for hydroxylation is 1. The van der Waals surface area contributed by atoms with Crippen molar-refractivity contribution in [2.75, 3.05) is 0 Å². The lowest BCUT2D eigenvalue weighted by molar-refractivity contribution is 0.915. The lowest BCUT2D eigenvalue weighted by atomic mass is 10.2. The third-order valence-electron chi connectivity index (χ3n) is 2.56. The molecule has 80 valence electrons. The van der Waals surface area contributed by atoms with Gasteiger partial charge >= 0.3 is 0 Å². The van der Waals surface area contributed by atoms with Crippen molar-refractivity contribution in [1.82, 2.24) is 19.7 Å². The summed E-state index contributed by atoms with van der Waals surface area (Å²) in [5.41, 5.74) is 1.89. The number of benzene rings is 1. The second-order valence-electron chi connectivity index (χ2n) is 3.62. The predicted molar refractivity (Wildman–Crippen MR) is 66.0 cm³/mol. The first-order valence-corrected chi connectivity index (χ1v) is 5.66. The molecule has 0 unspecified atom stereocenters. The Balaban J connectivity index is 2.32. The van der Waals surface area contributed by atoms with E-state index in [4.69, 9.17) is 0 Å². The van der Waals surface area contributed by atoms with Crippen LogP contribution >= 0.6 is 15.9 Å². The largest absolute Gasteiger partial charge is 0.333 e. The van der Waals surface area contributed by atoms with Gasteiger partial charge in [0.15, 0.2) is 5.82 Å². The van der Waals surface area contributed by atoms with Crippen LogP contribution in [-0.2, 0) is 7.05 Å². The van der Waals surface area contributed by atoms with Crippen LogP contribution in [0.4, 0.5) is 0 Å². The molecule has 0 aliphatic heterocycles. The summed E-state index contributed by atoms with van der Waals surface area (Å²) in [6.45, 7) is 0. The first-order chi connectivity index (χ1) is 7.75. The summed E-state index contributed by atoms with van der Waals surface area (Å²) in [5.74, 6) is 0.865. The topological polar surface area (TPSA) is 46.5 Å². The highest BCUT2D eigenvalue weighted by molar-refractivity contribution is 9.10. The molecule has 2 aromatic heterocycles. The molecule has 2 heterocycles. The van der Waals surface area contributed by atoms with E-state index in [1.807, 2.05) is 36.0 Å². The molecule has 3 rings (SSSR count). The minimum absolute atomic E-state index is 0.865. The number of imidazole rings is 1. The van der Waals surface area contributed by atoms with Crippen LogP contribution < -0.4 is 0 Å². The number of nitrogens with zero attached hydrogens (tertiary/aromatic N) is 3. The monoisotopic (exact) mass is 276 g/mol. The van der Waals surface area contributed by atoms with E-state index in [0.717, 1.165) is 26.9 Å². The smallest absolute Gasteiger partial charge is 0.160 e. The van der Waals surface area contributed by atoms with Gasteiger partial charge in [0.05, 0.1) is 5.52 Å². The van der Waals surface area contributed by atoms with Crippen molar-refractivity contribution in [3.05, 3.63) is 35.1 Å². The zero-order valence-corrected chi connectivity index (χ0v) is 10.2. The Morgan fingerprint density at radius 3 is 3.00 bits per heavy atom. The van der Waals surface area contributed by atoms with Gasteiger partial charge < -0.3 is 4.57 Å². The van der Waals surface area contributed by atoms with Gasteiger partial charge in [0, 0.05) is 29.3 Å². The highest BCUT2D eigenvalue weighted by atomic mass is 79.9. The average Bonchev–Trinajstić information content (AvgIpc) is 2.83. The van der Waals surface area contributed by atoms with E-state index < -0.39 is 0 Å². The molecule has 3 aromatic rings. The summed E-state index contributed by atoms with van der Waals surface area (Å²) in [6, 6.07) is 6.03. The summed E-state index contributed by atoms with van der Waals surface area (Å²) >= 11 is 3.46. The second kappa shape index (κ2) is 3.45. The molecular formula is C11H9BrN4. The SMILES string of the molecule is Cn1ccnc1-c1n[nH]c2ccc(Br)cc12. The van der Waals surface area contributed by atoms with E-state index >= 15 is 0 Å². The van der Waals surface area contributed by atoms with Gasteiger partial charge in [-0.25, -0.2) is 4.98 Å². The van der Waals surface area contributed by atoms with Crippen LogP contribution in [0, 0.1) is 0 Å². The third-order valence-corrected chi connectivity index (χ3v) is 3.05. The van der Waals surface area contributed by atoms with Crippen molar-refractivity contribution in [1.29, 1.82) is 0 Å². The van der Waals surface area contributed by atoms with Gasteiger partial charge in [-0.3, -0.25) is 5.10 Å². The normalized spacial score (nSPS) is 11.1. The number of aromatic amines is 1. The van der Waals surface area contributed by atoms with Gasteiger partial charge in [-0.05, 0) is 18.2 Å². The van der Waals surface area contributed by atoms with Crippen molar-refractivity contribution >= 4 is 26.8 Å². The maximum atomic E-state index is 4.31. The highest BCUT2D eigenvalue weighted by Gasteiger charge is 2.11. The standard InChI is InChI=1S/C11H9BrN4/c1-16-5-4-13-11(16)10-8-6-7(12)2-3-9(8)14-15-10/h2-6H,1H3,(H,14,15). The number of halogens is 1. The molecule has 1 aromatic carbocycles. The Labute approximate surface area is 100 Å². The van der Waals surface area contributed by atoms with E-state index in [0.29, 0.717) is 0 Å². The van der Waals surface area contributed by atoms with Crippen molar-refractivity contribution in [3.63, 3.8) is 0 Å². The number of fused-ring (bicyclic) bond motifs is 1. The number of hydrogen-bond donors (Lipinski definition) is 1. The molecule has 0 atom stereocenters. The molecule has 0 aliphatic rings. The van der Waals surface area contributed by atoms with Gasteiger partial charge in [-0.15, -0.1) is 0 Å². The summed E-state index contributed by atoms with van der Waals surface area (Å²) in [7, 11) is 1.96. The molecule has 5 heteroatoms. The molecule has 16 heavy (non-hydrogen) atoms. The second-order valence-corrected chi connectivity index (χ2v) is 4.54. The van der Waals surface area contributed by atoms with E-state index in [2.05, 4.69) is 31.1 Å². The summed E-state index contributed by atoms with van der Waals surface area (Å²) in [5, 5.41) is 8.39. The summed E-state index contributed by atoms with van der Waals surface area (Å²) < 4.78 is 2.99. The molecule has 0 bridgehead atoms. The van der Waals surface area contributed by atoms with Gasteiger partial charge in [0.2, 0.25) is 0 Å². The Hall–Kier alpha value is -1.62. The van der Waals surface area contributed by atoms with Gasteiger partial charge in [0.1, 0.15) is 5.69 Å². The minimum Gasteiger partial charge on any atom is -0.333 e. The van der Waals surface area contributed by atoms with Gasteiger partial charge in [-0.1, -0.05) is 15.9 Å². The van der Waals surface area contributed by atoms with Crippen LogP contribution in [0.3, 0.4) is 0 Å². The fraction of sp³-hybridized carbons (Fsp3) is 0.0909. The van der Waals surface area contributed by atoms with E-state index in [1.54, 1.807) is 6.20 Å². The summed E-state index contributed by atoms with van der Waals surface area (Å²) in [4.78, 5) is 4.30. The number of aromatic nitrogens is 4. The quantitative estimate of drug-likeness (QED) is 0.743. The third kappa shape index (κ3) is 1.36. The molecule has 4 nitrogen and oxygen atoms in total. The first kappa shape index (κ1) is 9.59. The van der Waals surface area contributed by atoms with E-state index in [9.17, 15) is 0 Å². The molecule has 0 saturated carbocycles. The lowest BCUT2D eigenvalue weighted by Gasteiger charge is -1.98. The van der Waals surface area contributed by atoms with Crippen molar-refractivity contribution in [2.45, 2.75) is 0 Å². The fourth-order valence-corrected chi connectivity index (χ4v) is 2.11. The van der Waals surface area contributed by atoms with Crippen LogP contribution in [-0.4, -0.2) is 19.7 Å². The Morgan fingerprint density at radius 2 is 2.25 bits per heavy atom. The van der Waals surface area contributed by atoms with Crippen LogP contribution in [0.2, 0.25) is 0 Å². The van der Waals surface area contributed by atoms with Crippen molar-refractivity contribution < 1.29 is 0 Å². The fourth-order valence-electron chi connectivity index (χ4n) is 1.75. The summed E-state index contributed by atoms with van der Waals surface area (Å²) in [6.07, 6.45) is 3.68. The molecule has 0 fully saturated rings. The Kier molecular flexibility index (Phi) is 2.07. The number of rotatable bonds is 1. The molecule has 0 radical (unpaired) electrons.